The number of carbonyl (C=O) groups excluding carboxylic acids is 2. The fourth-order valence-electron chi connectivity index (χ4n) is 4.63. The number of aliphatic hydroxyl groups is 1. The van der Waals surface area contributed by atoms with Gasteiger partial charge < -0.3 is 19.3 Å². The van der Waals surface area contributed by atoms with Crippen molar-refractivity contribution in [2.45, 2.75) is 13.0 Å². The van der Waals surface area contributed by atoms with Crippen molar-refractivity contribution >= 4 is 23.1 Å². The van der Waals surface area contributed by atoms with Crippen molar-refractivity contribution in [3.05, 3.63) is 119 Å². The minimum atomic E-state index is -0.903. The van der Waals surface area contributed by atoms with Crippen molar-refractivity contribution in [1.82, 2.24) is 0 Å². The first-order valence-corrected chi connectivity index (χ1v) is 12.3. The molecule has 7 heteroatoms. The zero-order valence-corrected chi connectivity index (χ0v) is 21.8. The summed E-state index contributed by atoms with van der Waals surface area (Å²) in [4.78, 5) is 28.4. The predicted molar refractivity (Wildman–Crippen MR) is 148 cm³/mol. The van der Waals surface area contributed by atoms with Crippen LogP contribution in [-0.2, 0) is 9.59 Å². The highest BCUT2D eigenvalue weighted by Gasteiger charge is 2.47. The molecule has 4 aromatic rings. The Hall–Kier alpha value is -5.04. The Morgan fingerprint density at radius 3 is 2.15 bits per heavy atom. The first kappa shape index (κ1) is 25.6. The topological polar surface area (TPSA) is 85.3 Å². The van der Waals surface area contributed by atoms with Crippen LogP contribution in [0.3, 0.4) is 0 Å². The van der Waals surface area contributed by atoms with Crippen molar-refractivity contribution < 1.29 is 28.9 Å². The van der Waals surface area contributed by atoms with E-state index < -0.39 is 17.7 Å². The maximum atomic E-state index is 13.5. The fourth-order valence-corrected chi connectivity index (χ4v) is 4.63. The molecule has 0 aromatic heterocycles. The number of carbonyl (C=O) groups is 2. The van der Waals surface area contributed by atoms with E-state index in [9.17, 15) is 14.7 Å². The molecule has 0 radical (unpaired) electrons. The number of Topliss-reactive ketones (excluding diaryl/α,β-unsaturated/α-hetero) is 1. The second-order valence-electron chi connectivity index (χ2n) is 9.06. The average molecular weight is 522 g/mol. The molecule has 0 spiro atoms. The van der Waals surface area contributed by atoms with Crippen LogP contribution in [0.5, 0.6) is 23.0 Å². The fraction of sp³-hybridized carbons (Fsp3) is 0.125. The molecule has 0 saturated carbocycles. The Kier molecular flexibility index (Phi) is 7.06. The van der Waals surface area contributed by atoms with Gasteiger partial charge >= 0.3 is 0 Å². The molecule has 7 nitrogen and oxygen atoms in total. The molecule has 1 aliphatic rings. The molecule has 1 heterocycles. The van der Waals surface area contributed by atoms with Crippen molar-refractivity contribution in [3.8, 4) is 23.0 Å². The molecule has 0 bridgehead atoms. The summed E-state index contributed by atoms with van der Waals surface area (Å²) < 4.78 is 16.7. The molecule has 4 aromatic carbocycles. The van der Waals surface area contributed by atoms with Gasteiger partial charge in [0.2, 0.25) is 0 Å². The third kappa shape index (κ3) is 4.94. The van der Waals surface area contributed by atoms with Crippen molar-refractivity contribution in [2.24, 2.45) is 0 Å². The number of para-hydroxylation sites is 1. The number of aryl methyl sites for hydroxylation is 1. The van der Waals surface area contributed by atoms with Gasteiger partial charge in [-0.25, -0.2) is 0 Å². The maximum Gasteiger partial charge on any atom is 0.300 e. The number of benzene rings is 4. The molecular formula is C32H27NO6. The summed E-state index contributed by atoms with van der Waals surface area (Å²) >= 11 is 0. The zero-order chi connectivity index (χ0) is 27.5. The molecule has 1 fully saturated rings. The van der Waals surface area contributed by atoms with E-state index in [4.69, 9.17) is 14.2 Å². The Balaban J connectivity index is 1.67. The van der Waals surface area contributed by atoms with Gasteiger partial charge in [-0.05, 0) is 67.1 Å². The van der Waals surface area contributed by atoms with Crippen LogP contribution in [0.1, 0.15) is 22.7 Å². The minimum absolute atomic E-state index is 0.0374. The highest BCUT2D eigenvalue weighted by molar-refractivity contribution is 6.51. The van der Waals surface area contributed by atoms with E-state index in [1.165, 1.54) is 19.1 Å². The molecule has 196 valence electrons. The summed E-state index contributed by atoms with van der Waals surface area (Å²) in [6.45, 7) is 1.94. The number of ketones is 1. The van der Waals surface area contributed by atoms with Crippen LogP contribution in [0.2, 0.25) is 0 Å². The van der Waals surface area contributed by atoms with Gasteiger partial charge in [-0.3, -0.25) is 14.5 Å². The number of anilines is 1. The number of nitrogens with zero attached hydrogens (tertiary/aromatic N) is 1. The van der Waals surface area contributed by atoms with Gasteiger partial charge in [0, 0.05) is 11.3 Å². The van der Waals surface area contributed by atoms with Gasteiger partial charge in [0.1, 0.15) is 17.3 Å². The predicted octanol–water partition coefficient (Wildman–Crippen LogP) is 6.43. The van der Waals surface area contributed by atoms with E-state index in [0.717, 1.165) is 5.56 Å². The number of rotatable bonds is 7. The Morgan fingerprint density at radius 2 is 1.46 bits per heavy atom. The standard InChI is InChI=1S/C32H27NO6/c1-20-12-15-23(16-13-20)33-29(21-8-7-11-25(18-21)39-24-9-5-4-6-10-24)28(31(35)32(33)36)30(34)22-14-17-26(37-2)27(19-22)38-3/h4-19,29,34H,1-3H3/b30-28+. The lowest BCUT2D eigenvalue weighted by atomic mass is 9.94. The van der Waals surface area contributed by atoms with E-state index in [-0.39, 0.29) is 11.3 Å². The summed E-state index contributed by atoms with van der Waals surface area (Å²) in [6, 6.07) is 27.7. The van der Waals surface area contributed by atoms with Crippen LogP contribution < -0.4 is 19.1 Å². The molecular weight excluding hydrogens is 494 g/mol. The third-order valence-electron chi connectivity index (χ3n) is 6.57. The normalized spacial score (nSPS) is 16.3. The minimum Gasteiger partial charge on any atom is -0.507 e. The van der Waals surface area contributed by atoms with Gasteiger partial charge in [-0.2, -0.15) is 0 Å². The molecule has 1 aliphatic heterocycles. The van der Waals surface area contributed by atoms with Crippen LogP contribution in [-0.4, -0.2) is 31.0 Å². The summed E-state index contributed by atoms with van der Waals surface area (Å²) in [5.74, 6) is 0.179. The monoisotopic (exact) mass is 521 g/mol. The van der Waals surface area contributed by atoms with Crippen LogP contribution in [0.15, 0.2) is 103 Å². The lowest BCUT2D eigenvalue weighted by Crippen LogP contribution is -2.29. The molecule has 1 saturated heterocycles. The van der Waals surface area contributed by atoms with Gasteiger partial charge in [0.15, 0.2) is 11.5 Å². The van der Waals surface area contributed by atoms with E-state index >= 15 is 0 Å². The van der Waals surface area contributed by atoms with Gasteiger partial charge in [-0.1, -0.05) is 48.0 Å². The summed E-state index contributed by atoms with van der Waals surface area (Å²) in [7, 11) is 2.99. The summed E-state index contributed by atoms with van der Waals surface area (Å²) in [5.41, 5.74) is 2.43. The largest absolute Gasteiger partial charge is 0.507 e. The maximum absolute atomic E-state index is 13.5. The van der Waals surface area contributed by atoms with Crippen molar-refractivity contribution in [2.75, 3.05) is 19.1 Å². The third-order valence-corrected chi connectivity index (χ3v) is 6.57. The molecule has 1 N–H and O–H groups in total. The number of ether oxygens (including phenoxy) is 3. The quantitative estimate of drug-likeness (QED) is 0.171. The molecule has 39 heavy (non-hydrogen) atoms. The lowest BCUT2D eigenvalue weighted by molar-refractivity contribution is -0.132. The van der Waals surface area contributed by atoms with Gasteiger partial charge in [0.05, 0.1) is 25.8 Å². The highest BCUT2D eigenvalue weighted by Crippen LogP contribution is 2.44. The second-order valence-corrected chi connectivity index (χ2v) is 9.06. The molecule has 1 amide bonds. The molecule has 1 unspecified atom stereocenters. The van der Waals surface area contributed by atoms with Gasteiger partial charge in [0.25, 0.3) is 11.7 Å². The van der Waals surface area contributed by atoms with E-state index in [1.807, 2.05) is 49.4 Å². The number of methoxy groups -OCH3 is 2. The summed E-state index contributed by atoms with van der Waals surface area (Å²) in [5, 5.41) is 11.5. The number of aliphatic hydroxyl groups excluding tert-OH is 1. The van der Waals surface area contributed by atoms with Crippen LogP contribution >= 0.6 is 0 Å². The van der Waals surface area contributed by atoms with Crippen LogP contribution in [0.4, 0.5) is 5.69 Å². The highest BCUT2D eigenvalue weighted by atomic mass is 16.5. The van der Waals surface area contributed by atoms with Crippen molar-refractivity contribution in [1.29, 1.82) is 0 Å². The van der Waals surface area contributed by atoms with E-state index in [2.05, 4.69) is 0 Å². The van der Waals surface area contributed by atoms with Crippen LogP contribution in [0.25, 0.3) is 5.76 Å². The first-order chi connectivity index (χ1) is 18.9. The molecule has 5 rings (SSSR count). The Bertz CT molecular complexity index is 1560. The zero-order valence-electron chi connectivity index (χ0n) is 21.8. The van der Waals surface area contributed by atoms with E-state index in [0.29, 0.717) is 39.8 Å². The SMILES string of the molecule is COc1ccc(/C(O)=C2\C(=O)C(=O)N(c3ccc(C)cc3)C2c2cccc(Oc3ccccc3)c2)cc1OC. The summed E-state index contributed by atoms with van der Waals surface area (Å²) in [6.07, 6.45) is 0. The first-order valence-electron chi connectivity index (χ1n) is 12.3. The second kappa shape index (κ2) is 10.8. The Labute approximate surface area is 226 Å². The molecule has 0 aliphatic carbocycles. The number of amides is 1. The van der Waals surface area contributed by atoms with Crippen LogP contribution in [0, 0.1) is 6.92 Å². The Morgan fingerprint density at radius 1 is 0.769 bits per heavy atom. The lowest BCUT2D eigenvalue weighted by Gasteiger charge is -2.26. The van der Waals surface area contributed by atoms with Crippen molar-refractivity contribution in [3.63, 3.8) is 0 Å². The molecule has 1 atom stereocenters. The number of hydrogen-bond donors (Lipinski definition) is 1. The average Bonchev–Trinajstić information content (AvgIpc) is 3.23. The van der Waals surface area contributed by atoms with Gasteiger partial charge in [-0.15, -0.1) is 0 Å². The van der Waals surface area contributed by atoms with E-state index in [1.54, 1.807) is 54.6 Å². The smallest absolute Gasteiger partial charge is 0.300 e. The number of hydrogen-bond acceptors (Lipinski definition) is 6.